The Morgan fingerprint density at radius 2 is 1.84 bits per heavy atom. The number of halogens is 1. The smallest absolute Gasteiger partial charge is 0.261 e. The van der Waals surface area contributed by atoms with Crippen molar-refractivity contribution in [1.29, 1.82) is 0 Å². The van der Waals surface area contributed by atoms with Crippen LogP contribution in [0.15, 0.2) is 24.3 Å². The molecule has 0 saturated carbocycles. The molecule has 0 fully saturated rings. The molecule has 0 aliphatic carbocycles. The Bertz CT molecular complexity index is 451. The van der Waals surface area contributed by atoms with Gasteiger partial charge in [-0.05, 0) is 18.1 Å². The third kappa shape index (κ3) is 9.90. The van der Waals surface area contributed by atoms with Gasteiger partial charge in [-0.1, -0.05) is 49.6 Å². The Labute approximate surface area is 120 Å². The number of aliphatic hydroxyl groups excluding tert-OH is 1. The van der Waals surface area contributed by atoms with Crippen molar-refractivity contribution in [2.24, 2.45) is 0 Å². The fourth-order valence-electron chi connectivity index (χ4n) is 1.60. The Hall–Kier alpha value is -0.620. The van der Waals surface area contributed by atoms with Crippen LogP contribution in [0.3, 0.4) is 0 Å². The van der Waals surface area contributed by atoms with Gasteiger partial charge in [0.2, 0.25) is 0 Å². The van der Waals surface area contributed by atoms with E-state index in [9.17, 15) is 13.5 Å². The summed E-state index contributed by atoms with van der Waals surface area (Å²) in [5.74, 6) is 0.198. The summed E-state index contributed by atoms with van der Waals surface area (Å²) in [5, 5.41) is 10.0. The highest BCUT2D eigenvalue weighted by Gasteiger charge is 2.12. The first-order valence-electron chi connectivity index (χ1n) is 6.07. The summed E-state index contributed by atoms with van der Waals surface area (Å²) in [6, 6.07) is 7.76. The molecule has 0 amide bonds. The summed E-state index contributed by atoms with van der Waals surface area (Å²) >= 11 is 6.07. The Kier molecular flexibility index (Phi) is 9.01. The summed E-state index contributed by atoms with van der Waals surface area (Å²) in [6.45, 7) is 2.34. The lowest BCUT2D eigenvalue weighted by Gasteiger charge is -2.15. The zero-order valence-electron chi connectivity index (χ0n) is 11.2. The van der Waals surface area contributed by atoms with Crippen molar-refractivity contribution in [2.45, 2.75) is 32.1 Å². The van der Waals surface area contributed by atoms with E-state index in [0.717, 1.165) is 29.8 Å². The lowest BCUT2D eigenvalue weighted by atomic mass is 9.94. The van der Waals surface area contributed by atoms with Crippen molar-refractivity contribution in [3.63, 3.8) is 0 Å². The van der Waals surface area contributed by atoms with Gasteiger partial charge in [0.1, 0.15) is 0 Å². The first-order chi connectivity index (χ1) is 8.79. The number of aliphatic hydroxyl groups is 1. The van der Waals surface area contributed by atoms with Crippen LogP contribution in [-0.4, -0.2) is 30.9 Å². The maximum Gasteiger partial charge on any atom is 0.261 e. The molecule has 0 bridgehead atoms. The summed E-state index contributed by atoms with van der Waals surface area (Å²) in [6.07, 6.45) is 4.02. The van der Waals surface area contributed by atoms with E-state index in [0.29, 0.717) is 6.26 Å². The van der Waals surface area contributed by atoms with Crippen molar-refractivity contribution in [1.82, 2.24) is 0 Å². The van der Waals surface area contributed by atoms with Crippen LogP contribution >= 0.6 is 11.6 Å². The van der Waals surface area contributed by atoms with Crippen LogP contribution < -0.4 is 0 Å². The van der Waals surface area contributed by atoms with E-state index in [1.807, 2.05) is 24.3 Å². The van der Waals surface area contributed by atoms with Crippen molar-refractivity contribution >= 4 is 21.7 Å². The number of rotatable bonds is 5. The van der Waals surface area contributed by atoms with Gasteiger partial charge in [-0.15, -0.1) is 0 Å². The molecule has 1 unspecified atom stereocenters. The molecule has 1 atom stereocenters. The van der Waals surface area contributed by atoms with E-state index in [-0.39, 0.29) is 12.5 Å². The standard InChI is InChI=1S/C12H17ClO.CH4O3S/c1-2-3-6-10(9-14)11-7-4-5-8-12(11)13;1-5(2,3)4/h4-5,7-8,10,14H,2-3,6,9H2,1H3;1H3,(H,2,3,4). The predicted molar refractivity (Wildman–Crippen MR) is 78.3 cm³/mol. The molecule has 0 heterocycles. The highest BCUT2D eigenvalue weighted by Crippen LogP contribution is 2.27. The van der Waals surface area contributed by atoms with Gasteiger partial charge in [0.15, 0.2) is 0 Å². The van der Waals surface area contributed by atoms with Gasteiger partial charge in [0.25, 0.3) is 10.1 Å². The van der Waals surface area contributed by atoms with Gasteiger partial charge in [0, 0.05) is 17.5 Å². The van der Waals surface area contributed by atoms with Crippen molar-refractivity contribution < 1.29 is 18.1 Å². The molecular formula is C13H21ClO4S. The molecule has 6 heteroatoms. The quantitative estimate of drug-likeness (QED) is 0.820. The van der Waals surface area contributed by atoms with Crippen LogP contribution in [0.5, 0.6) is 0 Å². The van der Waals surface area contributed by atoms with E-state index < -0.39 is 10.1 Å². The third-order valence-electron chi connectivity index (χ3n) is 2.47. The maximum atomic E-state index is 9.27. The number of hydrogen-bond acceptors (Lipinski definition) is 3. The second-order valence-electron chi connectivity index (χ2n) is 4.28. The van der Waals surface area contributed by atoms with Gasteiger partial charge in [-0.25, -0.2) is 0 Å². The minimum absolute atomic E-state index is 0.184. The number of unbranched alkanes of at least 4 members (excludes halogenated alkanes) is 1. The minimum Gasteiger partial charge on any atom is -0.396 e. The van der Waals surface area contributed by atoms with Crippen LogP contribution in [0.25, 0.3) is 0 Å². The Morgan fingerprint density at radius 1 is 1.32 bits per heavy atom. The molecule has 0 radical (unpaired) electrons. The predicted octanol–water partition coefficient (Wildman–Crippen LogP) is 3.11. The first kappa shape index (κ1) is 18.4. The number of hydrogen-bond donors (Lipinski definition) is 2. The van der Waals surface area contributed by atoms with E-state index in [1.54, 1.807) is 0 Å². The molecule has 1 rings (SSSR count). The SMILES string of the molecule is CCCCC(CO)c1ccccc1Cl.CS(=O)(=O)O. The second-order valence-corrected chi connectivity index (χ2v) is 6.15. The normalized spacial score (nSPS) is 12.5. The molecule has 0 saturated heterocycles. The number of benzene rings is 1. The van der Waals surface area contributed by atoms with Crippen molar-refractivity contribution in [2.75, 3.05) is 12.9 Å². The third-order valence-corrected chi connectivity index (χ3v) is 2.82. The highest BCUT2D eigenvalue weighted by atomic mass is 35.5. The lowest BCUT2D eigenvalue weighted by Crippen LogP contribution is -2.04. The summed E-state index contributed by atoms with van der Waals surface area (Å²) in [5.41, 5.74) is 1.07. The van der Waals surface area contributed by atoms with E-state index in [1.165, 1.54) is 0 Å². The largest absolute Gasteiger partial charge is 0.396 e. The molecule has 1 aromatic rings. The minimum atomic E-state index is -3.67. The van der Waals surface area contributed by atoms with Gasteiger partial charge in [-0.3, -0.25) is 4.55 Å². The molecule has 0 aromatic heterocycles. The van der Waals surface area contributed by atoms with Gasteiger partial charge in [-0.2, -0.15) is 8.42 Å². The molecule has 2 N–H and O–H groups in total. The fourth-order valence-corrected chi connectivity index (χ4v) is 1.89. The van der Waals surface area contributed by atoms with Gasteiger partial charge < -0.3 is 5.11 Å². The average Bonchev–Trinajstić information content (AvgIpc) is 2.30. The van der Waals surface area contributed by atoms with Crippen molar-refractivity contribution in [3.8, 4) is 0 Å². The zero-order chi connectivity index (χ0) is 14.9. The van der Waals surface area contributed by atoms with Gasteiger partial charge in [0.05, 0.1) is 6.26 Å². The molecular weight excluding hydrogens is 288 g/mol. The van der Waals surface area contributed by atoms with Crippen molar-refractivity contribution in [3.05, 3.63) is 34.9 Å². The molecule has 19 heavy (non-hydrogen) atoms. The van der Waals surface area contributed by atoms with Crippen LogP contribution in [0, 0.1) is 0 Å². The lowest BCUT2D eigenvalue weighted by molar-refractivity contribution is 0.257. The molecule has 110 valence electrons. The highest BCUT2D eigenvalue weighted by molar-refractivity contribution is 7.85. The van der Waals surface area contributed by atoms with Crippen LogP contribution in [0.4, 0.5) is 0 Å². The zero-order valence-corrected chi connectivity index (χ0v) is 12.8. The van der Waals surface area contributed by atoms with E-state index in [4.69, 9.17) is 16.2 Å². The van der Waals surface area contributed by atoms with Gasteiger partial charge >= 0.3 is 0 Å². The van der Waals surface area contributed by atoms with E-state index in [2.05, 4.69) is 6.92 Å². The second kappa shape index (κ2) is 9.31. The molecule has 1 aromatic carbocycles. The Morgan fingerprint density at radius 3 is 2.26 bits per heavy atom. The van der Waals surface area contributed by atoms with Crippen LogP contribution in [-0.2, 0) is 10.1 Å². The van der Waals surface area contributed by atoms with Crippen LogP contribution in [0.2, 0.25) is 5.02 Å². The topological polar surface area (TPSA) is 74.6 Å². The molecule has 4 nitrogen and oxygen atoms in total. The Balaban J connectivity index is 0.000000555. The molecule has 0 aliphatic rings. The summed E-state index contributed by atoms with van der Waals surface area (Å²) in [7, 11) is -3.67. The van der Waals surface area contributed by atoms with E-state index >= 15 is 0 Å². The summed E-state index contributed by atoms with van der Waals surface area (Å²) in [4.78, 5) is 0. The molecule has 0 aliphatic heterocycles. The maximum absolute atomic E-state index is 9.27. The van der Waals surface area contributed by atoms with Crippen LogP contribution in [0.1, 0.15) is 37.7 Å². The summed E-state index contributed by atoms with van der Waals surface area (Å²) < 4.78 is 25.9. The monoisotopic (exact) mass is 308 g/mol. The average molecular weight is 309 g/mol. The fraction of sp³-hybridized carbons (Fsp3) is 0.538. The molecule has 0 spiro atoms. The first-order valence-corrected chi connectivity index (χ1v) is 8.30.